The predicted molar refractivity (Wildman–Crippen MR) is 141 cm³/mol. The van der Waals surface area contributed by atoms with Crippen molar-refractivity contribution in [3.8, 4) is 0 Å². The van der Waals surface area contributed by atoms with Crippen molar-refractivity contribution in [2.45, 2.75) is 52.1 Å². The zero-order chi connectivity index (χ0) is 22.8. The maximum Gasteiger partial charge on any atom is 0.409 e. The van der Waals surface area contributed by atoms with Crippen molar-refractivity contribution in [3.05, 3.63) is 35.6 Å². The van der Waals surface area contributed by atoms with Crippen LogP contribution in [-0.2, 0) is 11.3 Å². The van der Waals surface area contributed by atoms with Gasteiger partial charge in [0.1, 0.15) is 5.82 Å². The quantitative estimate of drug-likeness (QED) is 0.294. The molecule has 1 aromatic rings. The molecule has 2 aliphatic heterocycles. The molecule has 2 N–H and O–H groups in total. The number of aliphatic imine (C=N–C) groups is 1. The summed E-state index contributed by atoms with van der Waals surface area (Å²) >= 11 is 0. The number of hydrogen-bond acceptors (Lipinski definition) is 4. The normalized spacial score (nSPS) is 18.5. The van der Waals surface area contributed by atoms with Gasteiger partial charge in [-0.15, -0.1) is 24.0 Å². The van der Waals surface area contributed by atoms with Crippen molar-refractivity contribution >= 4 is 36.0 Å². The average molecular weight is 576 g/mol. The minimum absolute atomic E-state index is 0. The molecule has 2 saturated heterocycles. The number of benzene rings is 1. The number of halogens is 2. The number of ether oxygens (including phenoxy) is 1. The van der Waals surface area contributed by atoms with E-state index in [0.717, 1.165) is 63.4 Å². The fourth-order valence-electron chi connectivity index (χ4n) is 4.35. The van der Waals surface area contributed by atoms with Crippen molar-refractivity contribution in [3.63, 3.8) is 0 Å². The van der Waals surface area contributed by atoms with Crippen LogP contribution in [0.25, 0.3) is 0 Å². The number of amides is 1. The third kappa shape index (κ3) is 8.92. The summed E-state index contributed by atoms with van der Waals surface area (Å²) in [6, 6.07) is 7.35. The van der Waals surface area contributed by atoms with E-state index in [2.05, 4.69) is 22.5 Å². The summed E-state index contributed by atoms with van der Waals surface area (Å²) in [6.07, 6.45) is 3.72. The largest absolute Gasteiger partial charge is 0.450 e. The van der Waals surface area contributed by atoms with E-state index in [9.17, 15) is 9.18 Å². The van der Waals surface area contributed by atoms with Crippen LogP contribution in [0.1, 0.15) is 45.1 Å². The third-order valence-corrected chi connectivity index (χ3v) is 6.27. The lowest BCUT2D eigenvalue weighted by Gasteiger charge is -2.33. The van der Waals surface area contributed by atoms with E-state index >= 15 is 0 Å². The lowest BCUT2D eigenvalue weighted by atomic mass is 9.96. The second-order valence-corrected chi connectivity index (χ2v) is 8.64. The number of likely N-dealkylation sites (tertiary alicyclic amines) is 2. The first-order chi connectivity index (χ1) is 15.6. The number of nitrogens with one attached hydrogen (secondary N) is 2. The highest BCUT2D eigenvalue weighted by atomic mass is 127. The van der Waals surface area contributed by atoms with E-state index in [1.807, 2.05) is 19.1 Å². The number of carbonyl (C=O) groups excluding carboxylic acids is 1. The van der Waals surface area contributed by atoms with Crippen molar-refractivity contribution in [2.24, 2.45) is 10.9 Å². The van der Waals surface area contributed by atoms with Gasteiger partial charge in [0.2, 0.25) is 0 Å². The molecule has 0 atom stereocenters. The Morgan fingerprint density at radius 2 is 1.82 bits per heavy atom. The molecule has 0 bridgehead atoms. The SMILES string of the molecule is CCNC(=NCC1CCN(Cc2ccccc2F)CC1)NC1CCN(C(=O)OCC)CC1.I. The van der Waals surface area contributed by atoms with Gasteiger partial charge in [-0.1, -0.05) is 18.2 Å². The molecule has 0 unspecified atom stereocenters. The van der Waals surface area contributed by atoms with Crippen LogP contribution in [0.3, 0.4) is 0 Å². The molecular weight excluding hydrogens is 536 g/mol. The summed E-state index contributed by atoms with van der Waals surface area (Å²) in [6.45, 7) is 9.97. The number of hydrogen-bond donors (Lipinski definition) is 2. The molecule has 9 heteroatoms. The van der Waals surface area contributed by atoms with Gasteiger partial charge in [0.25, 0.3) is 0 Å². The van der Waals surface area contributed by atoms with E-state index in [1.165, 1.54) is 6.07 Å². The highest BCUT2D eigenvalue weighted by Gasteiger charge is 2.24. The van der Waals surface area contributed by atoms with Gasteiger partial charge in [0.05, 0.1) is 6.61 Å². The fourth-order valence-corrected chi connectivity index (χ4v) is 4.35. The molecule has 0 aliphatic carbocycles. The molecule has 2 fully saturated rings. The van der Waals surface area contributed by atoms with Crippen LogP contribution in [0.2, 0.25) is 0 Å². The third-order valence-electron chi connectivity index (χ3n) is 6.27. The first-order valence-electron chi connectivity index (χ1n) is 12.0. The lowest BCUT2D eigenvalue weighted by molar-refractivity contribution is 0.0963. The van der Waals surface area contributed by atoms with Gasteiger partial charge in [-0.3, -0.25) is 9.89 Å². The van der Waals surface area contributed by atoms with E-state index in [1.54, 1.807) is 11.0 Å². The zero-order valence-corrected chi connectivity index (χ0v) is 22.2. The standard InChI is InChI=1S/C24H38FN5O2.HI/c1-3-26-23(28-21-11-15-30(16-12-21)24(31)32-4-2)27-17-19-9-13-29(14-10-19)18-20-7-5-6-8-22(20)25;/h5-8,19,21H,3-4,9-18H2,1-2H3,(H2,26,27,28);1H. The van der Waals surface area contributed by atoms with E-state index < -0.39 is 0 Å². The molecule has 186 valence electrons. The maximum absolute atomic E-state index is 13.9. The van der Waals surface area contributed by atoms with Gasteiger partial charge < -0.3 is 20.3 Å². The molecule has 1 amide bonds. The molecule has 0 radical (unpaired) electrons. The lowest BCUT2D eigenvalue weighted by Crippen LogP contribution is -2.50. The summed E-state index contributed by atoms with van der Waals surface area (Å²) in [7, 11) is 0. The van der Waals surface area contributed by atoms with E-state index in [-0.39, 0.29) is 35.9 Å². The molecule has 0 spiro atoms. The van der Waals surface area contributed by atoms with Gasteiger partial charge in [-0.25, -0.2) is 9.18 Å². The topological polar surface area (TPSA) is 69.2 Å². The molecule has 7 nitrogen and oxygen atoms in total. The number of carbonyl (C=O) groups is 1. The fraction of sp³-hybridized carbons (Fsp3) is 0.667. The molecule has 0 saturated carbocycles. The highest BCUT2D eigenvalue weighted by Crippen LogP contribution is 2.20. The van der Waals surface area contributed by atoms with Crippen LogP contribution in [0.4, 0.5) is 9.18 Å². The summed E-state index contributed by atoms with van der Waals surface area (Å²) in [5, 5.41) is 6.90. The first kappa shape index (κ1) is 27.6. The maximum atomic E-state index is 13.9. The van der Waals surface area contributed by atoms with Gasteiger partial charge in [0.15, 0.2) is 5.96 Å². The van der Waals surface area contributed by atoms with Gasteiger partial charge in [0, 0.05) is 44.3 Å². The Balaban J connectivity index is 0.00000385. The molecule has 2 aliphatic rings. The highest BCUT2D eigenvalue weighted by molar-refractivity contribution is 14.0. The van der Waals surface area contributed by atoms with Crippen molar-refractivity contribution in [1.29, 1.82) is 0 Å². The number of nitrogens with zero attached hydrogens (tertiary/aromatic N) is 3. The minimum atomic E-state index is -0.215. The van der Waals surface area contributed by atoms with Crippen LogP contribution in [0.5, 0.6) is 0 Å². The molecule has 0 aromatic heterocycles. The Bertz CT molecular complexity index is 750. The Hall–Kier alpha value is -1.62. The van der Waals surface area contributed by atoms with Crippen molar-refractivity contribution in [2.75, 3.05) is 45.9 Å². The number of rotatable bonds is 7. The Morgan fingerprint density at radius 3 is 2.45 bits per heavy atom. The first-order valence-corrected chi connectivity index (χ1v) is 12.0. The van der Waals surface area contributed by atoms with E-state index in [4.69, 9.17) is 9.73 Å². The van der Waals surface area contributed by atoms with Crippen LogP contribution in [-0.4, -0.2) is 73.8 Å². The molecule has 33 heavy (non-hydrogen) atoms. The summed E-state index contributed by atoms with van der Waals surface area (Å²) in [4.78, 5) is 20.8. The Morgan fingerprint density at radius 1 is 1.12 bits per heavy atom. The van der Waals surface area contributed by atoms with Gasteiger partial charge >= 0.3 is 6.09 Å². The minimum Gasteiger partial charge on any atom is -0.450 e. The Labute approximate surface area is 214 Å². The van der Waals surface area contributed by atoms with Crippen LogP contribution in [0, 0.1) is 11.7 Å². The molecule has 3 rings (SSSR count). The molecular formula is C24H39FIN5O2. The molecule has 2 heterocycles. The smallest absolute Gasteiger partial charge is 0.409 e. The van der Waals surface area contributed by atoms with Crippen molar-refractivity contribution in [1.82, 2.24) is 20.4 Å². The second-order valence-electron chi connectivity index (χ2n) is 8.64. The molecule has 1 aromatic carbocycles. The summed E-state index contributed by atoms with van der Waals surface area (Å²) < 4.78 is 19.0. The Kier molecular flexibility index (Phi) is 12.2. The van der Waals surface area contributed by atoms with E-state index in [0.29, 0.717) is 38.2 Å². The number of guanidine groups is 1. The van der Waals surface area contributed by atoms with Gasteiger partial charge in [-0.2, -0.15) is 0 Å². The van der Waals surface area contributed by atoms with Crippen LogP contribution in [0.15, 0.2) is 29.3 Å². The monoisotopic (exact) mass is 575 g/mol. The van der Waals surface area contributed by atoms with Crippen LogP contribution < -0.4 is 10.6 Å². The number of piperidine rings is 2. The average Bonchev–Trinajstić information content (AvgIpc) is 2.81. The van der Waals surface area contributed by atoms with Gasteiger partial charge in [-0.05, 0) is 64.6 Å². The summed E-state index contributed by atoms with van der Waals surface area (Å²) in [5.41, 5.74) is 0.775. The van der Waals surface area contributed by atoms with Crippen LogP contribution >= 0.6 is 24.0 Å². The zero-order valence-electron chi connectivity index (χ0n) is 19.9. The predicted octanol–water partition coefficient (Wildman–Crippen LogP) is 3.83. The summed E-state index contributed by atoms with van der Waals surface area (Å²) in [5.74, 6) is 1.29. The second kappa shape index (κ2) is 14.6. The van der Waals surface area contributed by atoms with Crippen molar-refractivity contribution < 1.29 is 13.9 Å².